The summed E-state index contributed by atoms with van der Waals surface area (Å²) in [6.45, 7) is 5.11. The van der Waals surface area contributed by atoms with Gasteiger partial charge in [-0.25, -0.2) is 0 Å². The normalized spacial score (nSPS) is 23.1. The van der Waals surface area contributed by atoms with Crippen LogP contribution in [0.25, 0.3) is 0 Å². The second-order valence-electron chi connectivity index (χ2n) is 3.71. The van der Waals surface area contributed by atoms with E-state index in [0.29, 0.717) is 13.1 Å². The average Bonchev–Trinajstić information content (AvgIpc) is 2.21. The fourth-order valence-electron chi connectivity index (χ4n) is 1.34. The number of ether oxygens (including phenoxy) is 1. The Hall–Kier alpha value is -1.10. The van der Waals surface area contributed by atoms with Gasteiger partial charge in [0.05, 0.1) is 18.6 Å². The Bertz CT molecular complexity index is 243. The zero-order valence-corrected chi connectivity index (χ0v) is 9.21. The summed E-state index contributed by atoms with van der Waals surface area (Å²) in [4.78, 5) is 22.7. The van der Waals surface area contributed by atoms with Crippen LogP contribution in [0.4, 0.5) is 0 Å². The van der Waals surface area contributed by atoms with Crippen LogP contribution in [0.1, 0.15) is 26.7 Å². The molecule has 0 saturated carbocycles. The quantitative estimate of drug-likeness (QED) is 0.636. The Kier molecular flexibility index (Phi) is 4.55. The van der Waals surface area contributed by atoms with Gasteiger partial charge in [0.15, 0.2) is 0 Å². The molecule has 2 atom stereocenters. The Balaban J connectivity index is 2.33. The summed E-state index contributed by atoms with van der Waals surface area (Å²) in [6.07, 6.45) is 0.816. The first-order valence-corrected chi connectivity index (χ1v) is 5.34. The second kappa shape index (κ2) is 5.70. The number of esters is 1. The van der Waals surface area contributed by atoms with Gasteiger partial charge in [-0.05, 0) is 13.3 Å². The molecular formula is C10H18N2O3. The van der Waals surface area contributed by atoms with E-state index in [1.54, 1.807) is 0 Å². The molecule has 1 amide bonds. The number of nitrogens with one attached hydrogen (secondary N) is 2. The summed E-state index contributed by atoms with van der Waals surface area (Å²) in [7, 11) is 0. The van der Waals surface area contributed by atoms with Crippen molar-refractivity contribution in [3.05, 3.63) is 0 Å². The van der Waals surface area contributed by atoms with Crippen molar-refractivity contribution in [1.29, 1.82) is 0 Å². The maximum Gasteiger partial charge on any atom is 0.308 e. The third-order valence-electron chi connectivity index (χ3n) is 2.41. The van der Waals surface area contributed by atoms with Gasteiger partial charge in [-0.1, -0.05) is 6.92 Å². The van der Waals surface area contributed by atoms with Crippen LogP contribution in [-0.4, -0.2) is 37.1 Å². The lowest BCUT2D eigenvalue weighted by molar-refractivity contribution is -0.150. The molecule has 0 radical (unpaired) electrons. The van der Waals surface area contributed by atoms with Gasteiger partial charge in [0.2, 0.25) is 5.91 Å². The highest BCUT2D eigenvalue weighted by molar-refractivity contribution is 5.87. The van der Waals surface area contributed by atoms with E-state index in [2.05, 4.69) is 10.6 Å². The van der Waals surface area contributed by atoms with Crippen molar-refractivity contribution in [2.24, 2.45) is 0 Å². The molecule has 1 rings (SSSR count). The van der Waals surface area contributed by atoms with Crippen molar-refractivity contribution >= 4 is 11.9 Å². The van der Waals surface area contributed by atoms with Gasteiger partial charge in [-0.3, -0.25) is 9.59 Å². The largest absolute Gasteiger partial charge is 0.463 e. The average molecular weight is 214 g/mol. The number of rotatable bonds is 4. The first kappa shape index (κ1) is 12.0. The van der Waals surface area contributed by atoms with Gasteiger partial charge in [-0.2, -0.15) is 0 Å². The lowest BCUT2D eigenvalue weighted by Gasteiger charge is -2.23. The Morgan fingerprint density at radius 3 is 2.93 bits per heavy atom. The number of piperazine rings is 1. The molecule has 1 fully saturated rings. The van der Waals surface area contributed by atoms with Gasteiger partial charge in [0, 0.05) is 13.1 Å². The van der Waals surface area contributed by atoms with Crippen molar-refractivity contribution in [1.82, 2.24) is 10.6 Å². The van der Waals surface area contributed by atoms with Crippen molar-refractivity contribution < 1.29 is 14.3 Å². The molecule has 0 bridgehead atoms. The van der Waals surface area contributed by atoms with Crippen LogP contribution in [0.15, 0.2) is 0 Å². The molecule has 86 valence electrons. The number of carbonyl (C=O) groups is 2. The van der Waals surface area contributed by atoms with Crippen molar-refractivity contribution in [2.45, 2.75) is 38.8 Å². The third-order valence-corrected chi connectivity index (χ3v) is 2.41. The minimum atomic E-state index is -0.435. The monoisotopic (exact) mass is 214 g/mol. The molecule has 1 saturated heterocycles. The highest BCUT2D eigenvalue weighted by Gasteiger charge is 2.25. The molecule has 1 aliphatic heterocycles. The molecule has 5 nitrogen and oxygen atoms in total. The Morgan fingerprint density at radius 1 is 1.60 bits per heavy atom. The van der Waals surface area contributed by atoms with E-state index in [9.17, 15) is 9.59 Å². The van der Waals surface area contributed by atoms with Gasteiger partial charge in [0.25, 0.3) is 0 Å². The highest BCUT2D eigenvalue weighted by atomic mass is 16.5. The summed E-state index contributed by atoms with van der Waals surface area (Å²) in [5.74, 6) is -0.443. The SMILES string of the molecule is CC[C@H](C)OC(=O)C[C@H]1NCCNC1=O. The lowest BCUT2D eigenvalue weighted by atomic mass is 10.1. The van der Waals surface area contributed by atoms with E-state index in [4.69, 9.17) is 4.74 Å². The molecule has 1 heterocycles. The molecule has 0 aromatic carbocycles. The maximum atomic E-state index is 11.4. The number of hydrogen-bond donors (Lipinski definition) is 2. The molecule has 2 N–H and O–H groups in total. The van der Waals surface area contributed by atoms with Crippen molar-refractivity contribution in [3.8, 4) is 0 Å². The summed E-state index contributed by atoms with van der Waals surface area (Å²) < 4.78 is 5.09. The second-order valence-corrected chi connectivity index (χ2v) is 3.71. The molecule has 0 aromatic heterocycles. The highest BCUT2D eigenvalue weighted by Crippen LogP contribution is 2.03. The summed E-state index contributed by atoms with van der Waals surface area (Å²) >= 11 is 0. The van der Waals surface area contributed by atoms with E-state index in [0.717, 1.165) is 6.42 Å². The van der Waals surface area contributed by atoms with Gasteiger partial charge in [-0.15, -0.1) is 0 Å². The summed E-state index contributed by atoms with van der Waals surface area (Å²) in [6, 6.07) is -0.435. The van der Waals surface area contributed by atoms with E-state index in [1.807, 2.05) is 13.8 Å². The van der Waals surface area contributed by atoms with Crippen molar-refractivity contribution in [2.75, 3.05) is 13.1 Å². The summed E-state index contributed by atoms with van der Waals surface area (Å²) in [5.41, 5.74) is 0. The molecule has 15 heavy (non-hydrogen) atoms. The minimum Gasteiger partial charge on any atom is -0.463 e. The molecule has 5 heteroatoms. The standard InChI is InChI=1S/C10H18N2O3/c1-3-7(2)15-9(13)6-8-10(14)12-5-4-11-8/h7-8,11H,3-6H2,1-2H3,(H,12,14)/t7-,8+/m0/s1. The smallest absolute Gasteiger partial charge is 0.308 e. The first-order chi connectivity index (χ1) is 7.13. The Labute approximate surface area is 89.6 Å². The maximum absolute atomic E-state index is 11.4. The molecule has 0 aromatic rings. The van der Waals surface area contributed by atoms with Crippen LogP contribution in [0.3, 0.4) is 0 Å². The number of hydrogen-bond acceptors (Lipinski definition) is 4. The van der Waals surface area contributed by atoms with Crippen LogP contribution < -0.4 is 10.6 Å². The van der Waals surface area contributed by atoms with Crippen LogP contribution in [0.2, 0.25) is 0 Å². The fourth-order valence-corrected chi connectivity index (χ4v) is 1.34. The molecule has 0 spiro atoms. The van der Waals surface area contributed by atoms with Crippen LogP contribution >= 0.6 is 0 Å². The minimum absolute atomic E-state index is 0.0795. The van der Waals surface area contributed by atoms with Crippen LogP contribution in [0, 0.1) is 0 Å². The van der Waals surface area contributed by atoms with Crippen LogP contribution in [-0.2, 0) is 14.3 Å². The first-order valence-electron chi connectivity index (χ1n) is 5.34. The van der Waals surface area contributed by atoms with Gasteiger partial charge in [0.1, 0.15) is 0 Å². The van der Waals surface area contributed by atoms with E-state index < -0.39 is 6.04 Å². The van der Waals surface area contributed by atoms with E-state index in [-0.39, 0.29) is 24.4 Å². The molecule has 1 aliphatic rings. The zero-order valence-electron chi connectivity index (χ0n) is 9.21. The predicted octanol–water partition coefficient (Wildman–Crippen LogP) is -0.194. The van der Waals surface area contributed by atoms with Crippen molar-refractivity contribution in [3.63, 3.8) is 0 Å². The zero-order chi connectivity index (χ0) is 11.3. The van der Waals surface area contributed by atoms with E-state index >= 15 is 0 Å². The Morgan fingerprint density at radius 2 is 2.33 bits per heavy atom. The predicted molar refractivity (Wildman–Crippen MR) is 55.3 cm³/mol. The molecule has 0 aliphatic carbocycles. The van der Waals surface area contributed by atoms with E-state index in [1.165, 1.54) is 0 Å². The topological polar surface area (TPSA) is 67.4 Å². The van der Waals surface area contributed by atoms with Crippen LogP contribution in [0.5, 0.6) is 0 Å². The third kappa shape index (κ3) is 3.87. The molecular weight excluding hydrogens is 196 g/mol. The number of amides is 1. The van der Waals surface area contributed by atoms with Gasteiger partial charge < -0.3 is 15.4 Å². The summed E-state index contributed by atoms with van der Waals surface area (Å²) in [5, 5.41) is 5.67. The molecule has 0 unspecified atom stereocenters. The fraction of sp³-hybridized carbons (Fsp3) is 0.800. The van der Waals surface area contributed by atoms with Gasteiger partial charge >= 0.3 is 5.97 Å². The number of carbonyl (C=O) groups excluding carboxylic acids is 2. The lowest BCUT2D eigenvalue weighted by Crippen LogP contribution is -2.53.